The normalized spacial score (nSPS) is 11.0. The molecule has 4 aromatic heterocycles. The van der Waals surface area contributed by atoms with Crippen LogP contribution in [0.4, 0.5) is 4.39 Å². The molecular formula is C27H20ClFN6O3. The van der Waals surface area contributed by atoms with Crippen LogP contribution in [0.1, 0.15) is 28.2 Å². The second-order valence-corrected chi connectivity index (χ2v) is 8.88. The second kappa shape index (κ2) is 10.4. The Kier molecular flexibility index (Phi) is 6.87. The molecule has 5 rings (SSSR count). The number of aliphatic hydroxyl groups is 1. The Bertz CT molecular complexity index is 1780. The number of aryl methyl sites for hydroxylation is 1. The minimum Gasteiger partial charge on any atom is -0.486 e. The Balaban J connectivity index is 1.53. The number of nitriles is 1. The van der Waals surface area contributed by atoms with Gasteiger partial charge in [0.1, 0.15) is 29.5 Å². The second-order valence-electron chi connectivity index (χ2n) is 8.47. The van der Waals surface area contributed by atoms with Gasteiger partial charge in [0.05, 0.1) is 47.6 Å². The topological polar surface area (TPSA) is 119 Å². The van der Waals surface area contributed by atoms with E-state index in [1.165, 1.54) is 27.6 Å². The smallest absolute Gasteiger partial charge is 0.268 e. The maximum atomic E-state index is 13.7. The highest BCUT2D eigenvalue weighted by Crippen LogP contribution is 2.31. The first kappa shape index (κ1) is 25.1. The van der Waals surface area contributed by atoms with Crippen LogP contribution < -0.4 is 10.3 Å². The molecule has 0 saturated carbocycles. The van der Waals surface area contributed by atoms with Gasteiger partial charge in [-0.25, -0.2) is 14.1 Å². The van der Waals surface area contributed by atoms with Crippen LogP contribution in [0.5, 0.6) is 5.75 Å². The van der Waals surface area contributed by atoms with Crippen LogP contribution in [0.3, 0.4) is 0 Å². The number of hydrogen-bond acceptors (Lipinski definition) is 7. The standard InChI is InChI=1S/C27H20ClFN6O3/c1-16-8-24(35-12-18(29)11-31-35)20-5-2-6-25(26(20)32-16)38-15-21-22(28)9-19(14-36)33-23(21)13-34-7-3-4-17(10-30)27(34)37/h2-9,11-12,36H,13-15H2,1H3. The number of hydrogen-bond donors (Lipinski definition) is 1. The van der Waals surface area contributed by atoms with Crippen LogP contribution in [-0.4, -0.2) is 29.4 Å². The highest BCUT2D eigenvalue weighted by Gasteiger charge is 2.17. The molecule has 11 heteroatoms. The zero-order valence-electron chi connectivity index (χ0n) is 20.1. The minimum atomic E-state index is -0.467. The number of ether oxygens (including phenoxy) is 1. The molecule has 1 N–H and O–H groups in total. The third kappa shape index (κ3) is 4.85. The molecule has 0 aliphatic heterocycles. The Morgan fingerprint density at radius 3 is 2.79 bits per heavy atom. The van der Waals surface area contributed by atoms with Crippen molar-refractivity contribution >= 4 is 22.5 Å². The van der Waals surface area contributed by atoms with Crippen LogP contribution in [0.25, 0.3) is 16.6 Å². The van der Waals surface area contributed by atoms with Gasteiger partial charge in [-0.05, 0) is 37.3 Å². The monoisotopic (exact) mass is 530 g/mol. The lowest BCUT2D eigenvalue weighted by molar-refractivity contribution is 0.275. The molecule has 1 aromatic carbocycles. The van der Waals surface area contributed by atoms with E-state index < -0.39 is 11.4 Å². The van der Waals surface area contributed by atoms with E-state index in [0.717, 1.165) is 6.20 Å². The van der Waals surface area contributed by atoms with Crippen LogP contribution in [0.2, 0.25) is 5.02 Å². The first-order chi connectivity index (χ1) is 18.4. The molecular weight excluding hydrogens is 511 g/mol. The molecule has 0 bridgehead atoms. The number of benzene rings is 1. The van der Waals surface area contributed by atoms with E-state index in [1.807, 2.05) is 19.1 Å². The van der Waals surface area contributed by atoms with Crippen LogP contribution >= 0.6 is 11.6 Å². The highest BCUT2D eigenvalue weighted by atomic mass is 35.5. The van der Waals surface area contributed by atoms with E-state index in [0.29, 0.717) is 50.0 Å². The lowest BCUT2D eigenvalue weighted by atomic mass is 10.1. The quantitative estimate of drug-likeness (QED) is 0.337. The summed E-state index contributed by atoms with van der Waals surface area (Å²) in [5.41, 5.74) is 2.67. The third-order valence-corrected chi connectivity index (χ3v) is 6.25. The zero-order valence-corrected chi connectivity index (χ0v) is 20.9. The van der Waals surface area contributed by atoms with Gasteiger partial charge < -0.3 is 14.4 Å². The summed E-state index contributed by atoms with van der Waals surface area (Å²) in [6.07, 6.45) is 3.96. The van der Waals surface area contributed by atoms with E-state index in [4.69, 9.17) is 16.3 Å². The molecule has 0 saturated heterocycles. The molecule has 5 aromatic rings. The van der Waals surface area contributed by atoms with Gasteiger partial charge in [-0.2, -0.15) is 10.4 Å². The maximum Gasteiger partial charge on any atom is 0.268 e. The van der Waals surface area contributed by atoms with Crippen molar-refractivity contribution in [3.05, 3.63) is 110 Å². The van der Waals surface area contributed by atoms with E-state index in [2.05, 4.69) is 15.1 Å². The molecule has 0 radical (unpaired) electrons. The van der Waals surface area contributed by atoms with Crippen molar-refractivity contribution in [2.24, 2.45) is 0 Å². The number of fused-ring (bicyclic) bond motifs is 1. The van der Waals surface area contributed by atoms with Crippen LogP contribution in [0, 0.1) is 24.1 Å². The first-order valence-electron chi connectivity index (χ1n) is 11.5. The number of halogens is 2. The molecule has 0 aliphatic carbocycles. The van der Waals surface area contributed by atoms with E-state index in [1.54, 1.807) is 30.5 Å². The molecule has 190 valence electrons. The fraction of sp³-hybridized carbons (Fsp3) is 0.148. The Morgan fingerprint density at radius 1 is 1.21 bits per heavy atom. The first-order valence-corrected chi connectivity index (χ1v) is 11.9. The number of aromatic nitrogens is 5. The summed E-state index contributed by atoms with van der Waals surface area (Å²) in [7, 11) is 0. The molecule has 0 amide bonds. The number of rotatable bonds is 7. The average molecular weight is 531 g/mol. The number of nitrogens with zero attached hydrogens (tertiary/aromatic N) is 6. The molecule has 0 unspecified atom stereocenters. The molecule has 0 aliphatic rings. The molecule has 0 atom stereocenters. The van der Waals surface area contributed by atoms with Crippen molar-refractivity contribution in [2.75, 3.05) is 0 Å². The molecule has 4 heterocycles. The summed E-state index contributed by atoms with van der Waals surface area (Å²) in [5, 5.41) is 24.0. The Morgan fingerprint density at radius 2 is 2.05 bits per heavy atom. The van der Waals surface area contributed by atoms with Gasteiger partial charge in [-0.3, -0.25) is 9.78 Å². The van der Waals surface area contributed by atoms with Crippen molar-refractivity contribution in [1.29, 1.82) is 5.26 Å². The van der Waals surface area contributed by atoms with Gasteiger partial charge in [-0.1, -0.05) is 23.7 Å². The molecule has 0 spiro atoms. The third-order valence-electron chi connectivity index (χ3n) is 5.91. The molecule has 9 nitrogen and oxygen atoms in total. The van der Waals surface area contributed by atoms with Gasteiger partial charge in [0.15, 0.2) is 5.82 Å². The van der Waals surface area contributed by atoms with Crippen molar-refractivity contribution in [3.63, 3.8) is 0 Å². The number of aliphatic hydroxyl groups excluding tert-OH is 1. The van der Waals surface area contributed by atoms with Crippen LogP contribution in [-0.2, 0) is 19.8 Å². The summed E-state index contributed by atoms with van der Waals surface area (Å²) in [6.45, 7) is 1.48. The highest BCUT2D eigenvalue weighted by molar-refractivity contribution is 6.31. The van der Waals surface area contributed by atoms with Gasteiger partial charge in [0, 0.05) is 22.8 Å². The van der Waals surface area contributed by atoms with Gasteiger partial charge in [0.25, 0.3) is 5.56 Å². The fourth-order valence-electron chi connectivity index (χ4n) is 4.13. The zero-order chi connectivity index (χ0) is 26.8. The summed E-state index contributed by atoms with van der Waals surface area (Å²) in [4.78, 5) is 21.7. The Labute approximate surface area is 221 Å². The molecule has 0 fully saturated rings. The lowest BCUT2D eigenvalue weighted by Crippen LogP contribution is -2.23. The van der Waals surface area contributed by atoms with Gasteiger partial charge in [-0.15, -0.1) is 0 Å². The van der Waals surface area contributed by atoms with Crippen molar-refractivity contribution in [3.8, 4) is 17.5 Å². The number of para-hydroxylation sites is 1. The van der Waals surface area contributed by atoms with E-state index in [-0.39, 0.29) is 25.3 Å². The largest absolute Gasteiger partial charge is 0.486 e. The van der Waals surface area contributed by atoms with Crippen molar-refractivity contribution in [1.82, 2.24) is 24.3 Å². The van der Waals surface area contributed by atoms with E-state index in [9.17, 15) is 19.6 Å². The average Bonchev–Trinajstić information content (AvgIpc) is 3.34. The van der Waals surface area contributed by atoms with Crippen molar-refractivity contribution in [2.45, 2.75) is 26.7 Å². The van der Waals surface area contributed by atoms with Gasteiger partial charge in [0.2, 0.25) is 0 Å². The molecule has 38 heavy (non-hydrogen) atoms. The number of pyridine rings is 3. The summed E-state index contributed by atoms with van der Waals surface area (Å²) < 4.78 is 22.6. The van der Waals surface area contributed by atoms with Crippen LogP contribution in [0.15, 0.2) is 65.8 Å². The summed E-state index contributed by atoms with van der Waals surface area (Å²) in [5.74, 6) is -0.00240. The van der Waals surface area contributed by atoms with Gasteiger partial charge >= 0.3 is 0 Å². The van der Waals surface area contributed by atoms with Crippen molar-refractivity contribution < 1.29 is 14.2 Å². The Hall–Kier alpha value is -4.59. The predicted molar refractivity (Wildman–Crippen MR) is 138 cm³/mol. The maximum absolute atomic E-state index is 13.7. The SMILES string of the molecule is Cc1cc(-n2cc(F)cn2)c2cccc(OCc3c(Cl)cc(CO)nc3Cn3cccc(C#N)c3=O)c2n1. The summed E-state index contributed by atoms with van der Waals surface area (Å²) >= 11 is 6.56. The van der Waals surface area contributed by atoms with E-state index >= 15 is 0 Å². The predicted octanol–water partition coefficient (Wildman–Crippen LogP) is 4.07. The summed E-state index contributed by atoms with van der Waals surface area (Å²) in [6, 6.07) is 13.6. The lowest BCUT2D eigenvalue weighted by Gasteiger charge is -2.16. The minimum absolute atomic E-state index is 0.000207. The fourth-order valence-corrected chi connectivity index (χ4v) is 4.42.